The highest BCUT2D eigenvalue weighted by Gasteiger charge is 2.50. The number of carbonyl (C=O) groups excluding carboxylic acids is 1. The van der Waals surface area contributed by atoms with E-state index in [-0.39, 0.29) is 28.5 Å². The molecule has 0 unspecified atom stereocenters. The van der Waals surface area contributed by atoms with Crippen LogP contribution in [0.4, 0.5) is 0 Å². The topological polar surface area (TPSA) is 91.3 Å². The Morgan fingerprint density at radius 2 is 1.68 bits per heavy atom. The van der Waals surface area contributed by atoms with Gasteiger partial charge in [0.15, 0.2) is 0 Å². The molecule has 0 saturated carbocycles. The number of nitriles is 1. The van der Waals surface area contributed by atoms with E-state index < -0.39 is 12.0 Å². The average Bonchev–Trinajstić information content (AvgIpc) is 3.59. The van der Waals surface area contributed by atoms with E-state index in [9.17, 15) is 20.0 Å². The fourth-order valence-electron chi connectivity index (χ4n) is 5.84. The van der Waals surface area contributed by atoms with Gasteiger partial charge in [-0.15, -0.1) is 0 Å². The number of rotatable bonds is 4. The van der Waals surface area contributed by atoms with E-state index in [2.05, 4.69) is 0 Å². The molecule has 2 aliphatic heterocycles. The summed E-state index contributed by atoms with van der Waals surface area (Å²) < 4.78 is 2.84. The molecule has 3 aromatic carbocycles. The normalized spacial score (nSPS) is 17.7. The Kier molecular flexibility index (Phi) is 5.43. The Morgan fingerprint density at radius 3 is 2.27 bits per heavy atom. The molecule has 184 valence electrons. The van der Waals surface area contributed by atoms with Crippen LogP contribution in [0.15, 0.2) is 77.6 Å². The Labute approximate surface area is 218 Å². The lowest BCUT2D eigenvalue weighted by molar-refractivity contribution is -0.133. The molecule has 4 aromatic rings. The highest BCUT2D eigenvalue weighted by Crippen LogP contribution is 2.50. The van der Waals surface area contributed by atoms with Crippen LogP contribution in [0.2, 0.25) is 5.02 Å². The van der Waals surface area contributed by atoms with Crippen LogP contribution < -0.4 is 5.69 Å². The highest BCUT2D eigenvalue weighted by molar-refractivity contribution is 6.32. The van der Waals surface area contributed by atoms with Gasteiger partial charge in [0.05, 0.1) is 34.3 Å². The smallest absolute Gasteiger partial charge is 0.336 e. The molecule has 1 N–H and O–H groups in total. The number of fused-ring (bicyclic) bond motifs is 5. The molecule has 0 spiro atoms. The molecule has 6 rings (SSSR count). The van der Waals surface area contributed by atoms with Crippen LogP contribution in [0.3, 0.4) is 0 Å². The van der Waals surface area contributed by atoms with Crippen LogP contribution in [0.1, 0.15) is 52.4 Å². The number of likely N-dealkylation sites (tertiary alicyclic amines) is 1. The third kappa shape index (κ3) is 3.40. The molecule has 2 aliphatic rings. The summed E-state index contributed by atoms with van der Waals surface area (Å²) in [4.78, 5) is 29.4. The van der Waals surface area contributed by atoms with Crippen LogP contribution >= 0.6 is 11.6 Å². The third-order valence-electron chi connectivity index (χ3n) is 7.57. The monoisotopic (exact) mass is 510 g/mol. The predicted molar refractivity (Wildman–Crippen MR) is 139 cm³/mol. The first-order valence-corrected chi connectivity index (χ1v) is 12.5. The number of aromatic hydroxyl groups is 1. The summed E-state index contributed by atoms with van der Waals surface area (Å²) in [7, 11) is 0. The summed E-state index contributed by atoms with van der Waals surface area (Å²) >= 11 is 6.35. The number of benzene rings is 3. The van der Waals surface area contributed by atoms with E-state index in [0.29, 0.717) is 35.5 Å². The lowest BCUT2D eigenvalue weighted by Gasteiger charge is -2.31. The van der Waals surface area contributed by atoms with Crippen molar-refractivity contribution in [3.8, 4) is 17.6 Å². The number of aromatic nitrogens is 2. The first kappa shape index (κ1) is 23.1. The molecular weight excluding hydrogens is 488 g/mol. The number of imidazole rings is 1. The van der Waals surface area contributed by atoms with Crippen molar-refractivity contribution in [3.05, 3.63) is 116 Å². The van der Waals surface area contributed by atoms with Gasteiger partial charge in [-0.1, -0.05) is 72.3 Å². The second-order valence-electron chi connectivity index (χ2n) is 9.53. The summed E-state index contributed by atoms with van der Waals surface area (Å²) in [6.07, 6.45) is 0.578. The fraction of sp³-hybridized carbons (Fsp3) is 0.207. The predicted octanol–water partition coefficient (Wildman–Crippen LogP) is 4.84. The maximum atomic E-state index is 14.1. The van der Waals surface area contributed by atoms with Crippen LogP contribution in [0.5, 0.6) is 5.88 Å². The van der Waals surface area contributed by atoms with Gasteiger partial charge in [-0.05, 0) is 42.2 Å². The van der Waals surface area contributed by atoms with E-state index in [1.807, 2.05) is 66.7 Å². The minimum atomic E-state index is -0.495. The standard InChI is InChI=1S/C29H23ClN4O3/c1-17-22(13-12-20(15-31)25(17)30)34-28(36)26-23-14-21(33(26)29(34)37)16-32(23)27(35)24(18-8-4-2-5-9-18)19-10-6-3-7-11-19/h2-13,21,23-24,36H,14,16H2,1H3/t21-,23-/m0/s1. The molecule has 8 heteroatoms. The van der Waals surface area contributed by atoms with Gasteiger partial charge in [0.2, 0.25) is 11.8 Å². The van der Waals surface area contributed by atoms with E-state index in [4.69, 9.17) is 11.6 Å². The zero-order chi connectivity index (χ0) is 25.8. The molecule has 0 aliphatic carbocycles. The van der Waals surface area contributed by atoms with Crippen LogP contribution in [0, 0.1) is 18.3 Å². The van der Waals surface area contributed by atoms with Gasteiger partial charge >= 0.3 is 5.69 Å². The highest BCUT2D eigenvalue weighted by atomic mass is 35.5. The Morgan fingerprint density at radius 1 is 1.05 bits per heavy atom. The third-order valence-corrected chi connectivity index (χ3v) is 8.06. The summed E-state index contributed by atoms with van der Waals surface area (Å²) in [6.45, 7) is 2.10. The average molecular weight is 511 g/mol. The van der Waals surface area contributed by atoms with Crippen LogP contribution in [0.25, 0.3) is 5.69 Å². The largest absolute Gasteiger partial charge is 0.493 e. The number of carbonyl (C=O) groups is 1. The molecule has 1 saturated heterocycles. The number of amides is 1. The number of hydrogen-bond acceptors (Lipinski definition) is 4. The van der Waals surface area contributed by atoms with Crippen LogP contribution in [-0.4, -0.2) is 31.6 Å². The van der Waals surface area contributed by atoms with Crippen LogP contribution in [-0.2, 0) is 4.79 Å². The van der Waals surface area contributed by atoms with Gasteiger partial charge in [-0.2, -0.15) is 5.26 Å². The molecule has 7 nitrogen and oxygen atoms in total. The molecule has 3 heterocycles. The van der Waals surface area contributed by atoms with E-state index in [1.54, 1.807) is 22.5 Å². The second-order valence-corrected chi connectivity index (χ2v) is 9.91. The first-order chi connectivity index (χ1) is 17.9. The number of nitrogens with zero attached hydrogens (tertiary/aromatic N) is 4. The molecule has 1 fully saturated rings. The molecule has 1 aromatic heterocycles. The van der Waals surface area contributed by atoms with Crippen molar-refractivity contribution < 1.29 is 9.90 Å². The molecular formula is C29H23ClN4O3. The van der Waals surface area contributed by atoms with Crippen molar-refractivity contribution in [2.75, 3.05) is 6.54 Å². The maximum Gasteiger partial charge on any atom is 0.336 e. The molecule has 1 amide bonds. The summed E-state index contributed by atoms with van der Waals surface area (Å²) in [5.41, 5.74) is 3.08. The first-order valence-electron chi connectivity index (χ1n) is 12.1. The Balaban J connectivity index is 1.42. The van der Waals surface area contributed by atoms with E-state index >= 15 is 0 Å². The van der Waals surface area contributed by atoms with Gasteiger partial charge in [0, 0.05) is 6.54 Å². The maximum absolute atomic E-state index is 14.1. The quantitative estimate of drug-likeness (QED) is 0.425. The van der Waals surface area contributed by atoms with Gasteiger partial charge in [-0.3, -0.25) is 9.36 Å². The van der Waals surface area contributed by atoms with Gasteiger partial charge in [-0.25, -0.2) is 9.36 Å². The lowest BCUT2D eigenvalue weighted by Crippen LogP contribution is -2.40. The van der Waals surface area contributed by atoms with Gasteiger partial charge < -0.3 is 10.0 Å². The molecule has 2 bridgehead atoms. The van der Waals surface area contributed by atoms with Gasteiger partial charge in [0.1, 0.15) is 11.8 Å². The van der Waals surface area contributed by atoms with Crippen molar-refractivity contribution in [1.29, 1.82) is 5.26 Å². The number of halogens is 1. The molecule has 37 heavy (non-hydrogen) atoms. The van der Waals surface area contributed by atoms with Crippen molar-refractivity contribution in [1.82, 2.24) is 14.0 Å². The van der Waals surface area contributed by atoms with Crippen molar-refractivity contribution in [2.24, 2.45) is 0 Å². The Bertz CT molecular complexity index is 1600. The van der Waals surface area contributed by atoms with Crippen molar-refractivity contribution in [3.63, 3.8) is 0 Å². The van der Waals surface area contributed by atoms with E-state index in [1.165, 1.54) is 10.6 Å². The SMILES string of the molecule is Cc1c(-n2c(O)c3n(c2=O)[C@H]2C[C@@H]3N(C(=O)C(c3ccccc3)c3ccccc3)C2)ccc(C#N)c1Cl. The second kappa shape index (κ2) is 8.68. The zero-order valence-corrected chi connectivity index (χ0v) is 20.8. The minimum absolute atomic E-state index is 0.0617. The fourth-order valence-corrected chi connectivity index (χ4v) is 6.05. The number of hydrogen-bond donors (Lipinski definition) is 1. The zero-order valence-electron chi connectivity index (χ0n) is 20.0. The van der Waals surface area contributed by atoms with Crippen molar-refractivity contribution in [2.45, 2.75) is 31.3 Å². The minimum Gasteiger partial charge on any atom is -0.493 e. The molecule has 2 atom stereocenters. The summed E-state index contributed by atoms with van der Waals surface area (Å²) in [5, 5.41) is 20.8. The summed E-state index contributed by atoms with van der Waals surface area (Å²) in [6, 6.07) is 23.8. The van der Waals surface area contributed by atoms with Crippen molar-refractivity contribution >= 4 is 17.5 Å². The van der Waals surface area contributed by atoms with E-state index in [0.717, 1.165) is 11.1 Å². The van der Waals surface area contributed by atoms with Gasteiger partial charge in [0.25, 0.3) is 0 Å². The lowest BCUT2D eigenvalue weighted by atomic mass is 9.89. The Hall–Kier alpha value is -4.28. The molecule has 0 radical (unpaired) electrons. The summed E-state index contributed by atoms with van der Waals surface area (Å²) in [5.74, 6) is -0.756.